The third-order valence-corrected chi connectivity index (χ3v) is 3.79. The molecule has 0 saturated heterocycles. The fourth-order valence-electron chi connectivity index (χ4n) is 2.71. The van der Waals surface area contributed by atoms with Crippen LogP contribution in [0.5, 0.6) is 0 Å². The molecule has 1 saturated carbocycles. The van der Waals surface area contributed by atoms with Gasteiger partial charge in [-0.2, -0.15) is 0 Å². The monoisotopic (exact) mass is 238 g/mol. The largest absolute Gasteiger partial charge is 0.298 e. The highest BCUT2D eigenvalue weighted by atomic mass is 19.3. The van der Waals surface area contributed by atoms with Crippen LogP contribution in [0.3, 0.4) is 0 Å². The highest BCUT2D eigenvalue weighted by Gasteiger charge is 2.42. The molecule has 0 spiro atoms. The van der Waals surface area contributed by atoms with Crippen LogP contribution < -0.4 is 0 Å². The van der Waals surface area contributed by atoms with Gasteiger partial charge in [0.2, 0.25) is 6.43 Å². The second-order valence-corrected chi connectivity index (χ2v) is 4.76. The summed E-state index contributed by atoms with van der Waals surface area (Å²) in [6, 6.07) is 6.62. The topological polar surface area (TPSA) is 17.1 Å². The molecule has 0 unspecified atom stereocenters. The maximum absolute atomic E-state index is 13.4. The van der Waals surface area contributed by atoms with E-state index in [4.69, 9.17) is 0 Å². The van der Waals surface area contributed by atoms with Crippen LogP contribution in [-0.2, 0) is 5.41 Å². The molecule has 1 aliphatic rings. The summed E-state index contributed by atoms with van der Waals surface area (Å²) >= 11 is 0. The minimum absolute atomic E-state index is 0.536. The Hall–Kier alpha value is -1.25. The molecule has 0 atom stereocenters. The summed E-state index contributed by atoms with van der Waals surface area (Å²) in [5.74, 6) is 0. The number of rotatable bonds is 3. The van der Waals surface area contributed by atoms with Crippen molar-refractivity contribution in [3.05, 3.63) is 35.4 Å². The van der Waals surface area contributed by atoms with Crippen molar-refractivity contribution in [2.45, 2.75) is 43.9 Å². The number of carbonyl (C=O) groups is 1. The molecule has 2 rings (SSSR count). The summed E-state index contributed by atoms with van der Waals surface area (Å²) in [4.78, 5) is 10.6. The van der Waals surface area contributed by atoms with Gasteiger partial charge < -0.3 is 0 Å². The van der Waals surface area contributed by atoms with Crippen molar-refractivity contribution >= 4 is 6.29 Å². The summed E-state index contributed by atoms with van der Waals surface area (Å²) in [7, 11) is 0. The highest BCUT2D eigenvalue weighted by Crippen LogP contribution is 2.43. The molecule has 0 aliphatic heterocycles. The van der Waals surface area contributed by atoms with Gasteiger partial charge in [0.05, 0.1) is 5.41 Å². The molecule has 1 aromatic rings. The molecule has 17 heavy (non-hydrogen) atoms. The Bertz CT molecular complexity index is 378. The lowest BCUT2D eigenvalue weighted by atomic mass is 9.69. The van der Waals surface area contributed by atoms with Crippen molar-refractivity contribution < 1.29 is 13.6 Å². The van der Waals surface area contributed by atoms with E-state index in [1.807, 2.05) is 0 Å². The van der Waals surface area contributed by atoms with Crippen molar-refractivity contribution in [2.75, 3.05) is 0 Å². The number of aldehydes is 1. The quantitative estimate of drug-likeness (QED) is 0.728. The van der Waals surface area contributed by atoms with Gasteiger partial charge in [0, 0.05) is 5.56 Å². The van der Waals surface area contributed by atoms with Gasteiger partial charge >= 0.3 is 0 Å². The predicted molar refractivity (Wildman–Crippen MR) is 62.6 cm³/mol. The Morgan fingerprint density at radius 2 is 1.65 bits per heavy atom. The molecule has 0 heterocycles. The number of hydrogen-bond donors (Lipinski definition) is 0. The molecular weight excluding hydrogens is 222 g/mol. The van der Waals surface area contributed by atoms with E-state index in [0.29, 0.717) is 24.0 Å². The maximum atomic E-state index is 13.4. The lowest BCUT2D eigenvalue weighted by Gasteiger charge is -2.37. The van der Waals surface area contributed by atoms with Crippen molar-refractivity contribution in [3.8, 4) is 0 Å². The van der Waals surface area contributed by atoms with Crippen molar-refractivity contribution in [3.63, 3.8) is 0 Å². The number of benzene rings is 1. The first-order valence-electron chi connectivity index (χ1n) is 6.03. The van der Waals surface area contributed by atoms with Gasteiger partial charge in [-0.15, -0.1) is 0 Å². The maximum Gasteiger partial charge on any atom is 0.248 e. The van der Waals surface area contributed by atoms with E-state index in [1.165, 1.54) is 0 Å². The standard InChI is InChI=1S/C14H16F2O/c15-13(16)14(8-2-1-3-9-14)12-6-4-11(10-17)5-7-12/h4-7,10,13H,1-3,8-9H2. The summed E-state index contributed by atoms with van der Waals surface area (Å²) in [6.07, 6.45) is 2.26. The predicted octanol–water partition coefficient (Wildman–Crippen LogP) is 3.97. The van der Waals surface area contributed by atoms with E-state index in [9.17, 15) is 13.6 Å². The summed E-state index contributed by atoms with van der Waals surface area (Å²) in [6.45, 7) is 0. The first-order chi connectivity index (χ1) is 8.19. The molecule has 92 valence electrons. The van der Waals surface area contributed by atoms with E-state index in [-0.39, 0.29) is 0 Å². The summed E-state index contributed by atoms with van der Waals surface area (Å²) in [5, 5.41) is 0. The van der Waals surface area contributed by atoms with Crippen molar-refractivity contribution in [1.29, 1.82) is 0 Å². The molecule has 0 aromatic heterocycles. The van der Waals surface area contributed by atoms with Crippen LogP contribution in [0.15, 0.2) is 24.3 Å². The second-order valence-electron chi connectivity index (χ2n) is 4.76. The molecule has 0 N–H and O–H groups in total. The first kappa shape index (κ1) is 12.2. The molecule has 0 amide bonds. The molecule has 1 nitrogen and oxygen atoms in total. The highest BCUT2D eigenvalue weighted by molar-refractivity contribution is 5.74. The Kier molecular flexibility index (Phi) is 3.55. The van der Waals surface area contributed by atoms with E-state index < -0.39 is 11.8 Å². The van der Waals surface area contributed by atoms with Gasteiger partial charge in [0.1, 0.15) is 6.29 Å². The Morgan fingerprint density at radius 3 is 2.12 bits per heavy atom. The van der Waals surface area contributed by atoms with Crippen molar-refractivity contribution in [1.82, 2.24) is 0 Å². The normalized spacial score (nSPS) is 19.2. The Labute approximate surface area is 99.8 Å². The fraction of sp³-hybridized carbons (Fsp3) is 0.500. The SMILES string of the molecule is O=Cc1ccc(C2(C(F)F)CCCCC2)cc1. The number of alkyl halides is 2. The van der Waals surface area contributed by atoms with Gasteiger partial charge in [-0.3, -0.25) is 4.79 Å². The Balaban J connectivity index is 2.34. The van der Waals surface area contributed by atoms with Crippen LogP contribution in [0.4, 0.5) is 8.78 Å². The minimum atomic E-state index is -2.33. The molecular formula is C14H16F2O. The molecule has 1 aliphatic carbocycles. The van der Waals surface area contributed by atoms with Crippen LogP contribution in [0.1, 0.15) is 48.0 Å². The first-order valence-corrected chi connectivity index (χ1v) is 6.03. The molecule has 1 aromatic carbocycles. The Morgan fingerprint density at radius 1 is 1.06 bits per heavy atom. The lowest BCUT2D eigenvalue weighted by Crippen LogP contribution is -2.36. The molecule has 3 heteroatoms. The van der Waals surface area contributed by atoms with E-state index in [0.717, 1.165) is 25.5 Å². The molecule has 1 fully saturated rings. The van der Waals surface area contributed by atoms with Gasteiger partial charge in [-0.05, 0) is 18.4 Å². The average Bonchev–Trinajstić information content (AvgIpc) is 2.39. The van der Waals surface area contributed by atoms with E-state index in [2.05, 4.69) is 0 Å². The van der Waals surface area contributed by atoms with Crippen LogP contribution in [-0.4, -0.2) is 12.7 Å². The third-order valence-electron chi connectivity index (χ3n) is 3.79. The van der Waals surface area contributed by atoms with Crippen LogP contribution in [0.2, 0.25) is 0 Å². The zero-order chi connectivity index (χ0) is 12.3. The zero-order valence-electron chi connectivity index (χ0n) is 9.66. The summed E-state index contributed by atoms with van der Waals surface area (Å²) in [5.41, 5.74) is 0.228. The smallest absolute Gasteiger partial charge is 0.248 e. The van der Waals surface area contributed by atoms with Crippen molar-refractivity contribution in [2.24, 2.45) is 0 Å². The number of hydrogen-bond acceptors (Lipinski definition) is 1. The van der Waals surface area contributed by atoms with Crippen LogP contribution in [0.25, 0.3) is 0 Å². The molecule has 0 bridgehead atoms. The lowest BCUT2D eigenvalue weighted by molar-refractivity contribution is 0.0254. The molecule has 0 radical (unpaired) electrons. The zero-order valence-corrected chi connectivity index (χ0v) is 9.66. The van der Waals surface area contributed by atoms with E-state index in [1.54, 1.807) is 24.3 Å². The van der Waals surface area contributed by atoms with Crippen LogP contribution >= 0.6 is 0 Å². The van der Waals surface area contributed by atoms with E-state index >= 15 is 0 Å². The van der Waals surface area contributed by atoms with Gasteiger partial charge in [0.25, 0.3) is 0 Å². The number of carbonyl (C=O) groups excluding carboxylic acids is 1. The van der Waals surface area contributed by atoms with Gasteiger partial charge in [-0.1, -0.05) is 43.5 Å². The summed E-state index contributed by atoms with van der Waals surface area (Å²) < 4.78 is 26.7. The van der Waals surface area contributed by atoms with Gasteiger partial charge in [0.15, 0.2) is 0 Å². The second kappa shape index (κ2) is 4.94. The van der Waals surface area contributed by atoms with Crippen LogP contribution in [0, 0.1) is 0 Å². The number of halogens is 2. The fourth-order valence-corrected chi connectivity index (χ4v) is 2.71. The minimum Gasteiger partial charge on any atom is -0.298 e. The van der Waals surface area contributed by atoms with Gasteiger partial charge in [-0.25, -0.2) is 8.78 Å². The third kappa shape index (κ3) is 2.24. The average molecular weight is 238 g/mol.